The third-order valence-electron chi connectivity index (χ3n) is 4.26. The molecule has 2 heterocycles. The zero-order chi connectivity index (χ0) is 14.5. The first-order valence-corrected chi connectivity index (χ1v) is 8.68. The molecule has 0 saturated carbocycles. The van der Waals surface area contributed by atoms with Gasteiger partial charge in [0, 0.05) is 37.1 Å². The number of nitrogens with zero attached hydrogens (tertiary/aromatic N) is 2. The second-order valence-electron chi connectivity index (χ2n) is 5.77. The van der Waals surface area contributed by atoms with Gasteiger partial charge in [-0.25, -0.2) is 4.98 Å². The summed E-state index contributed by atoms with van der Waals surface area (Å²) >= 11 is 1.69. The molecule has 1 saturated heterocycles. The van der Waals surface area contributed by atoms with Gasteiger partial charge in [-0.1, -0.05) is 37.3 Å². The summed E-state index contributed by atoms with van der Waals surface area (Å²) in [6.45, 7) is 5.44. The van der Waals surface area contributed by atoms with Crippen molar-refractivity contribution in [3.8, 4) is 0 Å². The van der Waals surface area contributed by atoms with E-state index in [0.717, 1.165) is 26.1 Å². The molecule has 3 nitrogen and oxygen atoms in total. The Labute approximate surface area is 131 Å². The lowest BCUT2D eigenvalue weighted by molar-refractivity contribution is 0.117. The minimum Gasteiger partial charge on any atom is -0.311 e. The van der Waals surface area contributed by atoms with Crippen LogP contribution in [0, 0.1) is 0 Å². The number of aromatic nitrogens is 1. The summed E-state index contributed by atoms with van der Waals surface area (Å²) in [5.74, 6) is 0. The quantitative estimate of drug-likeness (QED) is 0.920. The first kappa shape index (κ1) is 14.7. The number of thiazole rings is 1. The van der Waals surface area contributed by atoms with E-state index < -0.39 is 0 Å². The zero-order valence-corrected chi connectivity index (χ0v) is 13.4. The van der Waals surface area contributed by atoms with E-state index in [1.54, 1.807) is 11.3 Å². The van der Waals surface area contributed by atoms with Gasteiger partial charge in [-0.3, -0.25) is 4.90 Å². The SMILES string of the molecule is CCC1CNC(Cc2ccccc2)CN1Cc1cscn1. The van der Waals surface area contributed by atoms with E-state index in [2.05, 4.69) is 57.8 Å². The standard InChI is InChI=1S/C17H23N3S/c1-2-17-9-18-15(8-14-6-4-3-5-7-14)10-20(17)11-16-12-21-13-19-16/h3-7,12-13,15,17-18H,2,8-11H2,1H3. The van der Waals surface area contributed by atoms with Crippen LogP contribution in [0.4, 0.5) is 0 Å². The molecule has 1 N–H and O–H groups in total. The lowest BCUT2D eigenvalue weighted by Gasteiger charge is -2.40. The van der Waals surface area contributed by atoms with Crippen LogP contribution in [0.5, 0.6) is 0 Å². The molecule has 2 aromatic rings. The van der Waals surface area contributed by atoms with E-state index in [1.807, 2.05) is 5.51 Å². The van der Waals surface area contributed by atoms with Gasteiger partial charge in [0.1, 0.15) is 0 Å². The molecule has 0 radical (unpaired) electrons. The predicted molar refractivity (Wildman–Crippen MR) is 88.5 cm³/mol. The summed E-state index contributed by atoms with van der Waals surface area (Å²) in [7, 11) is 0. The molecule has 0 bridgehead atoms. The van der Waals surface area contributed by atoms with E-state index >= 15 is 0 Å². The van der Waals surface area contributed by atoms with Crippen LogP contribution in [0.3, 0.4) is 0 Å². The molecule has 1 fully saturated rings. The van der Waals surface area contributed by atoms with Crippen LogP contribution in [-0.2, 0) is 13.0 Å². The number of nitrogens with one attached hydrogen (secondary N) is 1. The Morgan fingerprint density at radius 1 is 1.33 bits per heavy atom. The highest BCUT2D eigenvalue weighted by molar-refractivity contribution is 7.07. The van der Waals surface area contributed by atoms with E-state index in [1.165, 1.54) is 17.7 Å². The molecule has 2 unspecified atom stereocenters. The molecule has 1 aliphatic rings. The first-order valence-electron chi connectivity index (χ1n) is 7.73. The maximum Gasteiger partial charge on any atom is 0.0795 e. The maximum atomic E-state index is 4.44. The highest BCUT2D eigenvalue weighted by Gasteiger charge is 2.27. The topological polar surface area (TPSA) is 28.2 Å². The fourth-order valence-corrected chi connectivity index (χ4v) is 3.63. The van der Waals surface area contributed by atoms with Gasteiger partial charge in [-0.15, -0.1) is 11.3 Å². The van der Waals surface area contributed by atoms with Crippen molar-refractivity contribution in [3.63, 3.8) is 0 Å². The molecule has 2 atom stereocenters. The number of hydrogen-bond acceptors (Lipinski definition) is 4. The Hall–Kier alpha value is -1.23. The van der Waals surface area contributed by atoms with E-state index in [0.29, 0.717) is 12.1 Å². The fourth-order valence-electron chi connectivity index (χ4n) is 3.08. The molecule has 1 aliphatic heterocycles. The second-order valence-corrected chi connectivity index (χ2v) is 6.48. The summed E-state index contributed by atoms with van der Waals surface area (Å²) in [6.07, 6.45) is 2.29. The second kappa shape index (κ2) is 7.16. The van der Waals surface area contributed by atoms with Crippen molar-refractivity contribution < 1.29 is 0 Å². The smallest absolute Gasteiger partial charge is 0.0795 e. The van der Waals surface area contributed by atoms with Crippen LogP contribution in [0.25, 0.3) is 0 Å². The van der Waals surface area contributed by atoms with Crippen molar-refractivity contribution in [2.24, 2.45) is 0 Å². The average Bonchev–Trinajstić information content (AvgIpc) is 3.02. The van der Waals surface area contributed by atoms with Crippen LogP contribution >= 0.6 is 11.3 Å². The van der Waals surface area contributed by atoms with Crippen LogP contribution in [0.1, 0.15) is 24.6 Å². The number of rotatable bonds is 5. The van der Waals surface area contributed by atoms with Crippen molar-refractivity contribution in [2.45, 2.75) is 38.4 Å². The normalized spacial score (nSPS) is 23.3. The van der Waals surface area contributed by atoms with E-state index in [4.69, 9.17) is 0 Å². The van der Waals surface area contributed by atoms with Crippen molar-refractivity contribution in [1.29, 1.82) is 0 Å². The maximum absolute atomic E-state index is 4.44. The van der Waals surface area contributed by atoms with Gasteiger partial charge < -0.3 is 5.32 Å². The van der Waals surface area contributed by atoms with Crippen molar-refractivity contribution in [3.05, 3.63) is 52.5 Å². The Morgan fingerprint density at radius 3 is 2.90 bits per heavy atom. The molecule has 1 aromatic carbocycles. The van der Waals surface area contributed by atoms with Crippen LogP contribution in [0.15, 0.2) is 41.2 Å². The van der Waals surface area contributed by atoms with Crippen molar-refractivity contribution >= 4 is 11.3 Å². The summed E-state index contributed by atoms with van der Waals surface area (Å²) in [6, 6.07) is 11.9. The first-order chi connectivity index (χ1) is 10.3. The molecule has 112 valence electrons. The van der Waals surface area contributed by atoms with Crippen LogP contribution in [-0.4, -0.2) is 35.1 Å². The molecule has 3 rings (SSSR count). The largest absolute Gasteiger partial charge is 0.311 e. The van der Waals surface area contributed by atoms with Crippen LogP contribution < -0.4 is 5.32 Å². The van der Waals surface area contributed by atoms with Crippen molar-refractivity contribution in [2.75, 3.05) is 13.1 Å². The molecular weight excluding hydrogens is 278 g/mol. The Kier molecular flexibility index (Phi) is 5.01. The molecule has 0 amide bonds. The highest BCUT2D eigenvalue weighted by atomic mass is 32.1. The third-order valence-corrected chi connectivity index (χ3v) is 4.89. The average molecular weight is 301 g/mol. The number of piperazine rings is 1. The van der Waals surface area contributed by atoms with Gasteiger partial charge in [0.25, 0.3) is 0 Å². The Morgan fingerprint density at radius 2 is 2.19 bits per heavy atom. The fraction of sp³-hybridized carbons (Fsp3) is 0.471. The Bertz CT molecular complexity index is 526. The lowest BCUT2D eigenvalue weighted by atomic mass is 10.0. The number of benzene rings is 1. The zero-order valence-electron chi connectivity index (χ0n) is 12.5. The molecule has 4 heteroatoms. The monoisotopic (exact) mass is 301 g/mol. The number of hydrogen-bond donors (Lipinski definition) is 1. The molecule has 0 spiro atoms. The molecule has 0 aliphatic carbocycles. The van der Waals surface area contributed by atoms with Gasteiger partial charge >= 0.3 is 0 Å². The third kappa shape index (κ3) is 3.90. The van der Waals surface area contributed by atoms with Gasteiger partial charge in [0.2, 0.25) is 0 Å². The van der Waals surface area contributed by atoms with Crippen LogP contribution in [0.2, 0.25) is 0 Å². The summed E-state index contributed by atoms with van der Waals surface area (Å²) < 4.78 is 0. The van der Waals surface area contributed by atoms with Gasteiger partial charge in [0.15, 0.2) is 0 Å². The van der Waals surface area contributed by atoms with Crippen molar-refractivity contribution in [1.82, 2.24) is 15.2 Å². The minimum atomic E-state index is 0.536. The summed E-state index contributed by atoms with van der Waals surface area (Å²) in [5.41, 5.74) is 4.55. The Balaban J connectivity index is 1.63. The lowest BCUT2D eigenvalue weighted by Crippen LogP contribution is -2.56. The predicted octanol–water partition coefficient (Wildman–Crippen LogP) is 2.94. The molecule has 1 aromatic heterocycles. The summed E-state index contributed by atoms with van der Waals surface area (Å²) in [4.78, 5) is 7.04. The van der Waals surface area contributed by atoms with Gasteiger partial charge in [0.05, 0.1) is 11.2 Å². The minimum absolute atomic E-state index is 0.536. The van der Waals surface area contributed by atoms with E-state index in [9.17, 15) is 0 Å². The van der Waals surface area contributed by atoms with E-state index in [-0.39, 0.29) is 0 Å². The highest BCUT2D eigenvalue weighted by Crippen LogP contribution is 2.17. The van der Waals surface area contributed by atoms with Gasteiger partial charge in [-0.2, -0.15) is 0 Å². The molecular formula is C17H23N3S. The van der Waals surface area contributed by atoms with Gasteiger partial charge in [-0.05, 0) is 18.4 Å². The molecule has 21 heavy (non-hydrogen) atoms. The summed E-state index contributed by atoms with van der Waals surface area (Å²) in [5, 5.41) is 5.89.